The molecule has 1 saturated heterocycles. The van der Waals surface area contributed by atoms with Crippen molar-refractivity contribution in [2.75, 3.05) is 19.6 Å². The number of fused-ring (bicyclic) bond motifs is 2. The standard InChI is InChI=1S/C30H31ClN2O5/c1-20(29(34)35)38-23-10-11-28-26(18-23)24(25-4-2-14-32-27(25)19-37-28)5-3-15-33-16-12-30(36,13-17-33)21-6-8-22(31)9-7-21/h2,4-11,14,18,20,36H,3,12-13,15-17,19H2,1H3,(H,34,35). The molecule has 1 aromatic heterocycles. The van der Waals surface area contributed by atoms with Crippen molar-refractivity contribution in [1.82, 2.24) is 9.88 Å². The highest BCUT2D eigenvalue weighted by atomic mass is 35.5. The summed E-state index contributed by atoms with van der Waals surface area (Å²) in [6.07, 6.45) is 5.10. The average Bonchev–Trinajstić information content (AvgIpc) is 3.07. The van der Waals surface area contributed by atoms with Crippen LogP contribution in [0.15, 0.2) is 66.9 Å². The number of nitrogens with zero attached hydrogens (tertiary/aromatic N) is 2. The molecule has 0 spiro atoms. The zero-order valence-electron chi connectivity index (χ0n) is 21.3. The minimum Gasteiger partial charge on any atom is -0.487 e. The van der Waals surface area contributed by atoms with Crippen LogP contribution < -0.4 is 9.47 Å². The second-order valence-electron chi connectivity index (χ2n) is 9.83. The Morgan fingerprint density at radius 1 is 1.18 bits per heavy atom. The number of benzene rings is 2. The first kappa shape index (κ1) is 26.2. The first-order valence-electron chi connectivity index (χ1n) is 12.8. The summed E-state index contributed by atoms with van der Waals surface area (Å²) < 4.78 is 11.7. The van der Waals surface area contributed by atoms with Crippen molar-refractivity contribution < 1.29 is 24.5 Å². The van der Waals surface area contributed by atoms with E-state index in [9.17, 15) is 15.0 Å². The van der Waals surface area contributed by atoms with Gasteiger partial charge in [0.2, 0.25) is 0 Å². The highest BCUT2D eigenvalue weighted by Crippen LogP contribution is 2.39. The molecule has 3 aromatic rings. The van der Waals surface area contributed by atoms with Crippen LogP contribution in [0, 0.1) is 0 Å². The summed E-state index contributed by atoms with van der Waals surface area (Å²) in [4.78, 5) is 18.2. The van der Waals surface area contributed by atoms with Crippen molar-refractivity contribution >= 4 is 23.1 Å². The Bertz CT molecular complexity index is 1330. The van der Waals surface area contributed by atoms with Crippen molar-refractivity contribution in [1.29, 1.82) is 0 Å². The monoisotopic (exact) mass is 534 g/mol. The summed E-state index contributed by atoms with van der Waals surface area (Å²) in [7, 11) is 0. The number of halogens is 1. The molecule has 0 amide bonds. The minimum absolute atomic E-state index is 0.349. The first-order chi connectivity index (χ1) is 18.3. The van der Waals surface area contributed by atoms with E-state index in [1.165, 1.54) is 6.92 Å². The number of hydrogen-bond donors (Lipinski definition) is 2. The van der Waals surface area contributed by atoms with Crippen molar-refractivity contribution in [2.24, 2.45) is 0 Å². The number of pyridine rings is 1. The van der Waals surface area contributed by atoms with E-state index >= 15 is 0 Å². The summed E-state index contributed by atoms with van der Waals surface area (Å²) in [5, 5.41) is 21.1. The molecule has 5 rings (SSSR count). The van der Waals surface area contributed by atoms with Gasteiger partial charge in [0.25, 0.3) is 0 Å². The highest BCUT2D eigenvalue weighted by molar-refractivity contribution is 6.30. The van der Waals surface area contributed by atoms with E-state index in [1.54, 1.807) is 12.3 Å². The van der Waals surface area contributed by atoms with Crippen LogP contribution in [-0.4, -0.2) is 51.8 Å². The smallest absolute Gasteiger partial charge is 0.344 e. The number of carbonyl (C=O) groups is 1. The zero-order chi connectivity index (χ0) is 26.7. The molecular formula is C30H31ClN2O5. The van der Waals surface area contributed by atoms with Crippen LogP contribution in [0.2, 0.25) is 5.02 Å². The van der Waals surface area contributed by atoms with E-state index in [4.69, 9.17) is 21.1 Å². The van der Waals surface area contributed by atoms with Gasteiger partial charge in [-0.25, -0.2) is 4.79 Å². The van der Waals surface area contributed by atoms with Crippen LogP contribution in [-0.2, 0) is 17.0 Å². The van der Waals surface area contributed by atoms with Crippen LogP contribution in [0.3, 0.4) is 0 Å². The van der Waals surface area contributed by atoms with Gasteiger partial charge in [-0.1, -0.05) is 35.9 Å². The van der Waals surface area contributed by atoms with Crippen LogP contribution in [0.25, 0.3) is 5.57 Å². The second kappa shape index (κ2) is 11.2. The van der Waals surface area contributed by atoms with E-state index in [0.29, 0.717) is 36.0 Å². The Hall–Kier alpha value is -3.39. The van der Waals surface area contributed by atoms with Crippen molar-refractivity contribution in [3.05, 3.63) is 94.3 Å². The van der Waals surface area contributed by atoms with Crippen molar-refractivity contribution in [3.8, 4) is 11.5 Å². The Kier molecular flexibility index (Phi) is 7.70. The lowest BCUT2D eigenvalue weighted by Crippen LogP contribution is -2.42. The van der Waals surface area contributed by atoms with Crippen LogP contribution in [0.5, 0.6) is 11.5 Å². The van der Waals surface area contributed by atoms with Crippen molar-refractivity contribution in [2.45, 2.75) is 44.5 Å². The van der Waals surface area contributed by atoms with Gasteiger partial charge in [-0.15, -0.1) is 0 Å². The second-order valence-corrected chi connectivity index (χ2v) is 10.3. The van der Waals surface area contributed by atoms with Crippen LogP contribution in [0.1, 0.15) is 48.6 Å². The molecule has 198 valence electrons. The molecule has 2 aliphatic rings. The molecule has 2 aliphatic heterocycles. The topological polar surface area (TPSA) is 92.1 Å². The number of aliphatic hydroxyl groups is 1. The van der Waals surface area contributed by atoms with Gasteiger partial charge in [-0.2, -0.15) is 0 Å². The third kappa shape index (κ3) is 5.70. The number of rotatable bonds is 7. The summed E-state index contributed by atoms with van der Waals surface area (Å²) in [6.45, 7) is 4.30. The average molecular weight is 535 g/mol. The molecule has 38 heavy (non-hydrogen) atoms. The molecule has 0 saturated carbocycles. The van der Waals surface area contributed by atoms with E-state index in [-0.39, 0.29) is 0 Å². The Morgan fingerprint density at radius 2 is 1.95 bits per heavy atom. The lowest BCUT2D eigenvalue weighted by molar-refractivity contribution is -0.144. The largest absolute Gasteiger partial charge is 0.487 e. The zero-order valence-corrected chi connectivity index (χ0v) is 22.0. The maximum Gasteiger partial charge on any atom is 0.344 e. The normalized spacial score (nSPS) is 18.6. The number of likely N-dealkylation sites (tertiary alicyclic amines) is 1. The van der Waals surface area contributed by atoms with Gasteiger partial charge < -0.3 is 24.6 Å². The minimum atomic E-state index is -1.02. The van der Waals surface area contributed by atoms with Gasteiger partial charge in [0.15, 0.2) is 6.10 Å². The number of carboxylic acids is 1. The van der Waals surface area contributed by atoms with E-state index in [1.807, 2.05) is 48.5 Å². The molecule has 0 aliphatic carbocycles. The number of hydrogen-bond acceptors (Lipinski definition) is 6. The fraction of sp³-hybridized carbons (Fsp3) is 0.333. The number of carboxylic acid groups (broad SMARTS) is 1. The van der Waals surface area contributed by atoms with Crippen LogP contribution in [0.4, 0.5) is 0 Å². The summed E-state index contributed by atoms with van der Waals surface area (Å²) >= 11 is 6.02. The maximum atomic E-state index is 11.3. The molecule has 1 atom stereocenters. The number of aromatic nitrogens is 1. The number of piperidine rings is 1. The maximum absolute atomic E-state index is 11.3. The van der Waals surface area contributed by atoms with Gasteiger partial charge in [0.05, 0.1) is 11.3 Å². The predicted octanol–water partition coefficient (Wildman–Crippen LogP) is 5.28. The van der Waals surface area contributed by atoms with E-state index < -0.39 is 17.7 Å². The molecule has 1 fully saturated rings. The van der Waals surface area contributed by atoms with Gasteiger partial charge in [-0.05, 0) is 73.7 Å². The quantitative estimate of drug-likeness (QED) is 0.426. The molecule has 2 N–H and O–H groups in total. The van der Waals surface area contributed by atoms with E-state index in [2.05, 4.69) is 16.0 Å². The summed E-state index contributed by atoms with van der Waals surface area (Å²) in [6, 6.07) is 16.8. The molecule has 2 aromatic carbocycles. The Labute approximate surface area is 227 Å². The molecule has 3 heterocycles. The Morgan fingerprint density at radius 3 is 2.68 bits per heavy atom. The van der Waals surface area contributed by atoms with Gasteiger partial charge in [0.1, 0.15) is 18.1 Å². The van der Waals surface area contributed by atoms with E-state index in [0.717, 1.165) is 54.0 Å². The lowest BCUT2D eigenvalue weighted by Gasteiger charge is -2.38. The number of aliphatic carboxylic acids is 1. The lowest BCUT2D eigenvalue weighted by atomic mass is 9.84. The molecule has 8 heteroatoms. The molecular weight excluding hydrogens is 504 g/mol. The number of ether oxygens (including phenoxy) is 2. The van der Waals surface area contributed by atoms with Crippen molar-refractivity contribution in [3.63, 3.8) is 0 Å². The third-order valence-corrected chi connectivity index (χ3v) is 7.56. The molecule has 0 bridgehead atoms. The Balaban J connectivity index is 1.33. The highest BCUT2D eigenvalue weighted by Gasteiger charge is 2.33. The first-order valence-corrected chi connectivity index (χ1v) is 13.2. The van der Waals surface area contributed by atoms with Crippen LogP contribution >= 0.6 is 11.6 Å². The van der Waals surface area contributed by atoms with Gasteiger partial charge in [0, 0.05) is 42.0 Å². The van der Waals surface area contributed by atoms with Gasteiger partial charge in [-0.3, -0.25) is 4.98 Å². The van der Waals surface area contributed by atoms with Gasteiger partial charge >= 0.3 is 5.97 Å². The molecule has 0 radical (unpaired) electrons. The summed E-state index contributed by atoms with van der Waals surface area (Å²) in [5.74, 6) is 0.152. The fourth-order valence-electron chi connectivity index (χ4n) is 5.07. The predicted molar refractivity (Wildman–Crippen MR) is 145 cm³/mol. The SMILES string of the molecule is CC(Oc1ccc2c(c1)C(=CCCN1CCC(O)(c3ccc(Cl)cc3)CC1)c1cccnc1CO2)C(=O)O. The fourth-order valence-corrected chi connectivity index (χ4v) is 5.20. The third-order valence-electron chi connectivity index (χ3n) is 7.31. The molecule has 1 unspecified atom stereocenters. The summed E-state index contributed by atoms with van der Waals surface area (Å²) in [5.41, 5.74) is 3.77. The molecule has 7 nitrogen and oxygen atoms in total.